The van der Waals surface area contributed by atoms with Crippen molar-refractivity contribution in [2.24, 2.45) is 0 Å². The van der Waals surface area contributed by atoms with Gasteiger partial charge in [0.05, 0.1) is 29.5 Å². The molecule has 0 aliphatic carbocycles. The van der Waals surface area contributed by atoms with Gasteiger partial charge in [-0.1, -0.05) is 6.08 Å². The van der Waals surface area contributed by atoms with Gasteiger partial charge < -0.3 is 13.7 Å². The molecule has 0 saturated carbocycles. The summed E-state index contributed by atoms with van der Waals surface area (Å²) >= 11 is 0. The fourth-order valence-corrected chi connectivity index (χ4v) is 3.91. The van der Waals surface area contributed by atoms with Crippen molar-refractivity contribution >= 4 is 23.6 Å². The number of aromatic nitrogens is 1. The molecule has 8 nitrogen and oxygen atoms in total. The third kappa shape index (κ3) is 4.03. The Bertz CT molecular complexity index is 1280. The molecule has 3 aromatic rings. The van der Waals surface area contributed by atoms with Gasteiger partial charge in [0.1, 0.15) is 5.76 Å². The lowest BCUT2D eigenvalue weighted by molar-refractivity contribution is 0.0474. The van der Waals surface area contributed by atoms with Gasteiger partial charge in [-0.15, -0.1) is 6.58 Å². The van der Waals surface area contributed by atoms with Gasteiger partial charge in [-0.05, 0) is 50.2 Å². The summed E-state index contributed by atoms with van der Waals surface area (Å²) in [7, 11) is 0. The van der Waals surface area contributed by atoms with Crippen molar-refractivity contribution in [3.63, 3.8) is 0 Å². The molecule has 1 aliphatic heterocycles. The Morgan fingerprint density at radius 3 is 2.55 bits per heavy atom. The molecule has 0 spiro atoms. The van der Waals surface area contributed by atoms with Crippen molar-refractivity contribution in [2.45, 2.75) is 26.9 Å². The van der Waals surface area contributed by atoms with E-state index in [1.807, 2.05) is 18.4 Å². The van der Waals surface area contributed by atoms with E-state index in [0.29, 0.717) is 17.9 Å². The highest BCUT2D eigenvalue weighted by atomic mass is 16.5. The fourth-order valence-electron chi connectivity index (χ4n) is 3.91. The van der Waals surface area contributed by atoms with E-state index in [4.69, 9.17) is 9.15 Å². The first-order chi connectivity index (χ1) is 15.8. The van der Waals surface area contributed by atoms with E-state index < -0.39 is 24.4 Å². The maximum absolute atomic E-state index is 12.7. The Balaban J connectivity index is 1.46. The van der Waals surface area contributed by atoms with E-state index in [1.54, 1.807) is 24.3 Å². The monoisotopic (exact) mass is 446 g/mol. The number of allylic oxidation sites excluding steroid dienone is 1. The molecule has 0 N–H and O–H groups in total. The average Bonchev–Trinajstić information content (AvgIpc) is 3.48. The second-order valence-corrected chi connectivity index (χ2v) is 7.72. The van der Waals surface area contributed by atoms with Crippen molar-refractivity contribution in [3.05, 3.63) is 94.7 Å². The van der Waals surface area contributed by atoms with Crippen LogP contribution in [0.3, 0.4) is 0 Å². The maximum atomic E-state index is 12.7. The standard InChI is InChI=1S/C25H22N2O6/c1-4-9-26-15(2)11-20(16(26)3)22(28)14-33-25(31)17-7-8-19-21(12-17)24(30)27(23(19)29)13-18-6-5-10-32-18/h4-8,10-12H,1,9,13-14H2,2-3H3. The molecule has 3 heterocycles. The van der Waals surface area contributed by atoms with E-state index >= 15 is 0 Å². The summed E-state index contributed by atoms with van der Waals surface area (Å²) < 4.78 is 12.4. The molecule has 0 saturated heterocycles. The smallest absolute Gasteiger partial charge is 0.338 e. The van der Waals surface area contributed by atoms with Crippen LogP contribution < -0.4 is 0 Å². The van der Waals surface area contributed by atoms with Crippen LogP contribution in [0.4, 0.5) is 0 Å². The normalized spacial score (nSPS) is 12.7. The number of ketones is 1. The van der Waals surface area contributed by atoms with E-state index in [2.05, 4.69) is 6.58 Å². The SMILES string of the molecule is C=CCn1c(C)cc(C(=O)COC(=O)c2ccc3c(c2)C(=O)N(Cc2ccco2)C3=O)c1C. The van der Waals surface area contributed by atoms with Crippen LogP contribution in [0.1, 0.15) is 58.6 Å². The molecule has 8 heteroatoms. The number of ether oxygens (including phenoxy) is 1. The summed E-state index contributed by atoms with van der Waals surface area (Å²) in [6, 6.07) is 9.23. The summed E-state index contributed by atoms with van der Waals surface area (Å²) in [5, 5.41) is 0. The number of hydrogen-bond acceptors (Lipinski definition) is 6. The number of carbonyl (C=O) groups excluding carboxylic acids is 4. The topological polar surface area (TPSA) is 98.8 Å². The lowest BCUT2D eigenvalue weighted by atomic mass is 10.1. The van der Waals surface area contributed by atoms with Crippen molar-refractivity contribution < 1.29 is 28.3 Å². The molecule has 4 rings (SSSR count). The summed E-state index contributed by atoms with van der Waals surface area (Å²) in [5.74, 6) is -1.60. The number of aryl methyl sites for hydroxylation is 1. The number of nitrogens with zero attached hydrogens (tertiary/aromatic N) is 2. The van der Waals surface area contributed by atoms with Crippen LogP contribution in [0.25, 0.3) is 0 Å². The number of furan rings is 1. The minimum Gasteiger partial charge on any atom is -0.467 e. The molecule has 168 valence electrons. The van der Waals surface area contributed by atoms with Crippen molar-refractivity contribution in [1.82, 2.24) is 9.47 Å². The molecular weight excluding hydrogens is 424 g/mol. The number of fused-ring (bicyclic) bond motifs is 1. The highest BCUT2D eigenvalue weighted by molar-refractivity contribution is 6.21. The quantitative estimate of drug-likeness (QED) is 0.226. The number of rotatable bonds is 8. The second-order valence-electron chi connectivity index (χ2n) is 7.72. The molecule has 0 unspecified atom stereocenters. The van der Waals surface area contributed by atoms with E-state index in [0.717, 1.165) is 16.3 Å². The number of imide groups is 1. The zero-order valence-electron chi connectivity index (χ0n) is 18.3. The van der Waals surface area contributed by atoms with Gasteiger partial charge >= 0.3 is 5.97 Å². The Morgan fingerprint density at radius 2 is 1.85 bits per heavy atom. The van der Waals surface area contributed by atoms with Gasteiger partial charge in [0.2, 0.25) is 5.78 Å². The molecule has 0 radical (unpaired) electrons. The van der Waals surface area contributed by atoms with E-state index in [-0.39, 0.29) is 29.0 Å². The molecule has 2 aromatic heterocycles. The molecule has 0 fully saturated rings. The largest absolute Gasteiger partial charge is 0.467 e. The fraction of sp³-hybridized carbons (Fsp3) is 0.200. The number of benzene rings is 1. The van der Waals surface area contributed by atoms with Crippen LogP contribution >= 0.6 is 0 Å². The van der Waals surface area contributed by atoms with Crippen LogP contribution in [0.5, 0.6) is 0 Å². The first-order valence-corrected chi connectivity index (χ1v) is 10.3. The molecule has 2 amide bonds. The van der Waals surface area contributed by atoms with Crippen molar-refractivity contribution in [3.8, 4) is 0 Å². The summed E-state index contributed by atoms with van der Waals surface area (Å²) in [5.41, 5.74) is 2.55. The van der Waals surface area contributed by atoms with Gasteiger partial charge in [0, 0.05) is 23.5 Å². The Morgan fingerprint density at radius 1 is 1.09 bits per heavy atom. The summed E-state index contributed by atoms with van der Waals surface area (Å²) in [6.45, 7) is 7.56. The predicted molar refractivity (Wildman–Crippen MR) is 118 cm³/mol. The van der Waals surface area contributed by atoms with Crippen LogP contribution in [-0.4, -0.2) is 39.6 Å². The summed E-state index contributed by atoms with van der Waals surface area (Å²) in [4.78, 5) is 51.5. The Labute approximate surface area is 190 Å². The third-order valence-corrected chi connectivity index (χ3v) is 5.62. The molecule has 0 bridgehead atoms. The highest BCUT2D eigenvalue weighted by Gasteiger charge is 2.36. The Hall–Kier alpha value is -4.20. The second kappa shape index (κ2) is 8.74. The van der Waals surface area contributed by atoms with Gasteiger partial charge in [0.15, 0.2) is 6.61 Å². The Kier molecular flexibility index (Phi) is 5.83. The molecule has 1 aromatic carbocycles. The number of Topliss-reactive ketones (excluding diaryl/α,β-unsaturated/α-hetero) is 1. The number of hydrogen-bond donors (Lipinski definition) is 0. The zero-order valence-corrected chi connectivity index (χ0v) is 18.3. The van der Waals surface area contributed by atoms with Crippen LogP contribution in [0.15, 0.2) is 59.7 Å². The molecule has 33 heavy (non-hydrogen) atoms. The van der Waals surface area contributed by atoms with Crippen molar-refractivity contribution in [2.75, 3.05) is 6.61 Å². The van der Waals surface area contributed by atoms with Gasteiger partial charge in [-0.3, -0.25) is 19.3 Å². The maximum Gasteiger partial charge on any atom is 0.338 e. The highest BCUT2D eigenvalue weighted by Crippen LogP contribution is 2.26. The minimum atomic E-state index is -0.754. The molecular formula is C25H22N2O6. The van der Waals surface area contributed by atoms with Crippen LogP contribution in [0, 0.1) is 13.8 Å². The summed E-state index contributed by atoms with van der Waals surface area (Å²) in [6.07, 6.45) is 3.20. The van der Waals surface area contributed by atoms with Gasteiger partial charge in [-0.2, -0.15) is 0 Å². The minimum absolute atomic E-state index is 0.00209. The van der Waals surface area contributed by atoms with Gasteiger partial charge in [-0.25, -0.2) is 4.79 Å². The predicted octanol–water partition coefficient (Wildman–Crippen LogP) is 3.72. The lowest BCUT2D eigenvalue weighted by Gasteiger charge is -2.11. The van der Waals surface area contributed by atoms with Crippen LogP contribution in [0.2, 0.25) is 0 Å². The van der Waals surface area contributed by atoms with E-state index in [9.17, 15) is 19.2 Å². The van der Waals surface area contributed by atoms with Crippen molar-refractivity contribution in [1.29, 1.82) is 0 Å². The number of carbonyl (C=O) groups is 4. The third-order valence-electron chi connectivity index (χ3n) is 5.62. The zero-order chi connectivity index (χ0) is 23.7. The lowest BCUT2D eigenvalue weighted by Crippen LogP contribution is -2.28. The number of amides is 2. The number of esters is 1. The first-order valence-electron chi connectivity index (χ1n) is 10.3. The average molecular weight is 446 g/mol. The molecule has 0 atom stereocenters. The van der Waals surface area contributed by atoms with Crippen LogP contribution in [-0.2, 0) is 17.8 Å². The van der Waals surface area contributed by atoms with Gasteiger partial charge in [0.25, 0.3) is 11.8 Å². The molecule has 1 aliphatic rings. The first kappa shape index (κ1) is 22.0. The van der Waals surface area contributed by atoms with E-state index in [1.165, 1.54) is 24.5 Å².